The molecule has 2 aromatic rings. The van der Waals surface area contributed by atoms with E-state index in [1.165, 1.54) is 10.4 Å². The molecule has 1 saturated heterocycles. The number of hydrogen-bond donors (Lipinski definition) is 0. The van der Waals surface area contributed by atoms with Crippen molar-refractivity contribution < 1.29 is 22.7 Å². The Morgan fingerprint density at radius 2 is 1.84 bits per heavy atom. The second kappa shape index (κ2) is 10.2. The topological polar surface area (TPSA) is 84.0 Å². The minimum atomic E-state index is -3.86. The Labute approximate surface area is 190 Å². The number of likely N-dealkylation sites (tertiary alicyclic amines) is 1. The van der Waals surface area contributed by atoms with Gasteiger partial charge in [0.1, 0.15) is 0 Å². The molecule has 1 atom stereocenters. The fraction of sp³-hybridized carbons (Fsp3) is 0.417. The summed E-state index contributed by atoms with van der Waals surface area (Å²) in [5.74, 6) is -0.924. The molecule has 0 radical (unpaired) electrons. The zero-order chi connectivity index (χ0) is 23.3. The van der Waals surface area contributed by atoms with Crippen molar-refractivity contribution >= 4 is 27.6 Å². The standard InChI is InChI=1S/C24H30N2O5S/c1-4-26(21-11-7-6-8-12-21)32(29,30)22-16-19(14-13-18(22)3)23(27)25-15-9-10-20(17-25)24(28)31-5-2/h6-8,11-14,16,20H,4-5,9-10,15,17H2,1-3H3/t20-/m1/s1. The number of anilines is 1. The van der Waals surface area contributed by atoms with Crippen LogP contribution in [0, 0.1) is 12.8 Å². The summed E-state index contributed by atoms with van der Waals surface area (Å²) in [5.41, 5.74) is 1.43. The average molecular weight is 459 g/mol. The van der Waals surface area contributed by atoms with Crippen LogP contribution in [0.4, 0.5) is 5.69 Å². The van der Waals surface area contributed by atoms with E-state index in [1.54, 1.807) is 62.1 Å². The van der Waals surface area contributed by atoms with Gasteiger partial charge in [-0.3, -0.25) is 13.9 Å². The summed E-state index contributed by atoms with van der Waals surface area (Å²) in [4.78, 5) is 27.0. The molecule has 0 unspecified atom stereocenters. The molecular weight excluding hydrogens is 428 g/mol. The van der Waals surface area contributed by atoms with E-state index in [1.807, 2.05) is 6.07 Å². The van der Waals surface area contributed by atoms with E-state index in [0.717, 1.165) is 0 Å². The van der Waals surface area contributed by atoms with Gasteiger partial charge in [0, 0.05) is 25.2 Å². The highest BCUT2D eigenvalue weighted by Gasteiger charge is 2.31. The van der Waals surface area contributed by atoms with Crippen LogP contribution >= 0.6 is 0 Å². The number of esters is 1. The Balaban J connectivity index is 1.89. The van der Waals surface area contributed by atoms with Gasteiger partial charge in [0.05, 0.1) is 23.1 Å². The third-order valence-corrected chi connectivity index (χ3v) is 7.71. The molecule has 8 heteroatoms. The lowest BCUT2D eigenvalue weighted by Gasteiger charge is -2.32. The number of benzene rings is 2. The number of aryl methyl sites for hydroxylation is 1. The molecule has 1 fully saturated rings. The summed E-state index contributed by atoms with van der Waals surface area (Å²) < 4.78 is 33.4. The predicted molar refractivity (Wildman–Crippen MR) is 123 cm³/mol. The Kier molecular flexibility index (Phi) is 7.56. The maximum absolute atomic E-state index is 13.5. The van der Waals surface area contributed by atoms with Crippen molar-refractivity contribution in [3.63, 3.8) is 0 Å². The van der Waals surface area contributed by atoms with Crippen LogP contribution in [-0.4, -0.2) is 51.4 Å². The van der Waals surface area contributed by atoms with Gasteiger partial charge in [-0.2, -0.15) is 0 Å². The molecule has 0 spiro atoms. The van der Waals surface area contributed by atoms with Gasteiger partial charge >= 0.3 is 5.97 Å². The van der Waals surface area contributed by atoms with E-state index < -0.39 is 10.0 Å². The van der Waals surface area contributed by atoms with Crippen molar-refractivity contribution in [1.29, 1.82) is 0 Å². The van der Waals surface area contributed by atoms with E-state index in [9.17, 15) is 18.0 Å². The molecule has 0 saturated carbocycles. The van der Waals surface area contributed by atoms with Crippen LogP contribution in [0.15, 0.2) is 53.4 Å². The summed E-state index contributed by atoms with van der Waals surface area (Å²) in [6.45, 7) is 6.62. The zero-order valence-electron chi connectivity index (χ0n) is 18.8. The third kappa shape index (κ3) is 4.96. The molecule has 0 aromatic heterocycles. The highest BCUT2D eigenvalue weighted by Crippen LogP contribution is 2.27. The van der Waals surface area contributed by atoms with Crippen LogP contribution in [-0.2, 0) is 19.6 Å². The highest BCUT2D eigenvalue weighted by molar-refractivity contribution is 7.92. The van der Waals surface area contributed by atoms with Crippen molar-refractivity contribution in [3.8, 4) is 0 Å². The minimum Gasteiger partial charge on any atom is -0.466 e. The number of nitrogens with zero attached hydrogens (tertiary/aromatic N) is 2. The van der Waals surface area contributed by atoms with Gasteiger partial charge in [0.25, 0.3) is 15.9 Å². The zero-order valence-corrected chi connectivity index (χ0v) is 19.6. The number of rotatable bonds is 7. The molecule has 1 amide bonds. The molecule has 7 nitrogen and oxygen atoms in total. The third-order valence-electron chi connectivity index (χ3n) is 5.66. The summed E-state index contributed by atoms with van der Waals surface area (Å²) >= 11 is 0. The first-order valence-electron chi connectivity index (χ1n) is 10.9. The molecule has 1 aliphatic rings. The quantitative estimate of drug-likeness (QED) is 0.592. The van der Waals surface area contributed by atoms with Gasteiger partial charge in [-0.05, 0) is 63.4 Å². The molecular formula is C24H30N2O5S. The second-order valence-electron chi connectivity index (χ2n) is 7.83. The number of amides is 1. The summed E-state index contributed by atoms with van der Waals surface area (Å²) in [6.07, 6.45) is 1.38. The number of ether oxygens (including phenoxy) is 1. The van der Waals surface area contributed by atoms with Crippen LogP contribution in [0.2, 0.25) is 0 Å². The van der Waals surface area contributed by atoms with Gasteiger partial charge in [-0.1, -0.05) is 24.3 Å². The monoisotopic (exact) mass is 458 g/mol. The van der Waals surface area contributed by atoms with E-state index in [0.29, 0.717) is 42.8 Å². The molecule has 3 rings (SSSR count). The van der Waals surface area contributed by atoms with Crippen LogP contribution in [0.3, 0.4) is 0 Å². The van der Waals surface area contributed by atoms with Gasteiger partial charge in [-0.25, -0.2) is 8.42 Å². The van der Waals surface area contributed by atoms with E-state index in [4.69, 9.17) is 4.74 Å². The van der Waals surface area contributed by atoms with Crippen LogP contribution < -0.4 is 4.31 Å². The van der Waals surface area contributed by atoms with Gasteiger partial charge in [-0.15, -0.1) is 0 Å². The molecule has 1 aliphatic heterocycles. The lowest BCUT2D eigenvalue weighted by Crippen LogP contribution is -2.43. The second-order valence-corrected chi connectivity index (χ2v) is 9.66. The fourth-order valence-corrected chi connectivity index (χ4v) is 5.74. The Morgan fingerprint density at radius 1 is 1.12 bits per heavy atom. The number of carbonyl (C=O) groups is 2. The van der Waals surface area contributed by atoms with Crippen LogP contribution in [0.5, 0.6) is 0 Å². The largest absolute Gasteiger partial charge is 0.466 e. The van der Waals surface area contributed by atoms with Gasteiger partial charge < -0.3 is 9.64 Å². The van der Waals surface area contributed by atoms with Crippen LogP contribution in [0.25, 0.3) is 0 Å². The van der Waals surface area contributed by atoms with Crippen molar-refractivity contribution in [2.24, 2.45) is 5.92 Å². The lowest BCUT2D eigenvalue weighted by atomic mass is 9.97. The number of sulfonamides is 1. The molecule has 0 bridgehead atoms. The Morgan fingerprint density at radius 3 is 2.50 bits per heavy atom. The molecule has 32 heavy (non-hydrogen) atoms. The molecule has 0 aliphatic carbocycles. The summed E-state index contributed by atoms with van der Waals surface area (Å²) in [7, 11) is -3.86. The smallest absolute Gasteiger partial charge is 0.310 e. The molecule has 2 aromatic carbocycles. The number of hydrogen-bond acceptors (Lipinski definition) is 5. The molecule has 0 N–H and O–H groups in total. The predicted octanol–water partition coefficient (Wildman–Crippen LogP) is 3.63. The van der Waals surface area contributed by atoms with Crippen molar-refractivity contribution in [3.05, 3.63) is 59.7 Å². The number of para-hydroxylation sites is 1. The Bertz CT molecular complexity index is 1070. The first-order chi connectivity index (χ1) is 15.3. The van der Waals surface area contributed by atoms with Crippen molar-refractivity contribution in [1.82, 2.24) is 4.90 Å². The lowest BCUT2D eigenvalue weighted by molar-refractivity contribution is -0.149. The van der Waals surface area contributed by atoms with E-state index >= 15 is 0 Å². The van der Waals surface area contributed by atoms with Gasteiger partial charge in [0.15, 0.2) is 0 Å². The molecule has 1 heterocycles. The average Bonchev–Trinajstić information content (AvgIpc) is 2.80. The van der Waals surface area contributed by atoms with E-state index in [-0.39, 0.29) is 35.8 Å². The van der Waals surface area contributed by atoms with E-state index in [2.05, 4.69) is 0 Å². The minimum absolute atomic E-state index is 0.105. The maximum atomic E-state index is 13.5. The Hall–Kier alpha value is -2.87. The van der Waals surface area contributed by atoms with Crippen molar-refractivity contribution in [2.75, 3.05) is 30.5 Å². The van der Waals surface area contributed by atoms with Crippen LogP contribution in [0.1, 0.15) is 42.6 Å². The SMILES string of the molecule is CCOC(=O)[C@@H]1CCCN(C(=O)c2ccc(C)c(S(=O)(=O)N(CC)c3ccccc3)c2)C1. The van der Waals surface area contributed by atoms with Crippen molar-refractivity contribution in [2.45, 2.75) is 38.5 Å². The normalized spacial score (nSPS) is 16.5. The summed E-state index contributed by atoms with van der Waals surface area (Å²) in [5, 5.41) is 0. The fourth-order valence-electron chi connectivity index (χ4n) is 4.01. The summed E-state index contributed by atoms with van der Waals surface area (Å²) in [6, 6.07) is 13.6. The maximum Gasteiger partial charge on any atom is 0.310 e. The first-order valence-corrected chi connectivity index (χ1v) is 12.4. The highest BCUT2D eigenvalue weighted by atomic mass is 32.2. The first kappa shape index (κ1) is 23.8. The molecule has 172 valence electrons. The number of carbonyl (C=O) groups excluding carboxylic acids is 2. The van der Waals surface area contributed by atoms with Gasteiger partial charge in [0.2, 0.25) is 0 Å². The number of piperidine rings is 1.